The molecular weight excluding hydrogens is 262 g/mol. The summed E-state index contributed by atoms with van der Waals surface area (Å²) in [5.41, 5.74) is 0.234. The zero-order valence-corrected chi connectivity index (χ0v) is 11.6. The SMILES string of the molecule is CC(C)(C)OC(=O)c1cc(NC(=O)O)c(C2CC2)nn1. The number of hydrogen-bond donors (Lipinski definition) is 2. The number of aromatic nitrogens is 2. The molecule has 1 aliphatic rings. The Morgan fingerprint density at radius 3 is 2.50 bits per heavy atom. The summed E-state index contributed by atoms with van der Waals surface area (Å²) in [5.74, 6) is -0.405. The second kappa shape index (κ2) is 5.07. The molecule has 7 nitrogen and oxygen atoms in total. The maximum absolute atomic E-state index is 11.9. The number of ether oxygens (including phenoxy) is 1. The number of rotatable bonds is 3. The van der Waals surface area contributed by atoms with E-state index in [1.807, 2.05) is 0 Å². The van der Waals surface area contributed by atoms with Crippen molar-refractivity contribution in [2.45, 2.75) is 45.1 Å². The molecule has 108 valence electrons. The van der Waals surface area contributed by atoms with E-state index in [2.05, 4.69) is 15.5 Å². The Morgan fingerprint density at radius 2 is 2.00 bits per heavy atom. The van der Waals surface area contributed by atoms with Gasteiger partial charge in [0.25, 0.3) is 0 Å². The third-order valence-electron chi connectivity index (χ3n) is 2.64. The molecule has 0 spiro atoms. The molecule has 0 aromatic carbocycles. The third kappa shape index (κ3) is 3.66. The smallest absolute Gasteiger partial charge is 0.409 e. The highest BCUT2D eigenvalue weighted by atomic mass is 16.6. The number of carbonyl (C=O) groups is 2. The van der Waals surface area contributed by atoms with Gasteiger partial charge in [-0.1, -0.05) is 0 Å². The molecule has 0 bridgehead atoms. The third-order valence-corrected chi connectivity index (χ3v) is 2.64. The lowest BCUT2D eigenvalue weighted by Gasteiger charge is -2.19. The van der Waals surface area contributed by atoms with Gasteiger partial charge in [-0.15, -0.1) is 5.10 Å². The quantitative estimate of drug-likeness (QED) is 0.824. The minimum Gasteiger partial charge on any atom is -0.465 e. The molecule has 20 heavy (non-hydrogen) atoms. The van der Waals surface area contributed by atoms with E-state index in [0.29, 0.717) is 11.4 Å². The number of amides is 1. The summed E-state index contributed by atoms with van der Waals surface area (Å²) in [5, 5.41) is 18.9. The van der Waals surface area contributed by atoms with Crippen molar-refractivity contribution in [2.24, 2.45) is 0 Å². The van der Waals surface area contributed by atoms with Crippen LogP contribution in [0.5, 0.6) is 0 Å². The Morgan fingerprint density at radius 1 is 1.35 bits per heavy atom. The molecule has 0 radical (unpaired) electrons. The van der Waals surface area contributed by atoms with Crippen LogP contribution in [0, 0.1) is 0 Å². The van der Waals surface area contributed by atoms with Crippen LogP contribution in [0.4, 0.5) is 10.5 Å². The van der Waals surface area contributed by atoms with Crippen molar-refractivity contribution in [1.82, 2.24) is 10.2 Å². The molecule has 1 aliphatic carbocycles. The first kappa shape index (κ1) is 14.2. The number of carboxylic acid groups (broad SMARTS) is 1. The van der Waals surface area contributed by atoms with Crippen molar-refractivity contribution in [2.75, 3.05) is 5.32 Å². The van der Waals surface area contributed by atoms with Gasteiger partial charge in [0.05, 0.1) is 11.4 Å². The van der Waals surface area contributed by atoms with E-state index in [-0.39, 0.29) is 11.6 Å². The molecule has 0 saturated heterocycles. The van der Waals surface area contributed by atoms with Crippen molar-refractivity contribution < 1.29 is 19.4 Å². The van der Waals surface area contributed by atoms with Crippen molar-refractivity contribution >= 4 is 17.7 Å². The van der Waals surface area contributed by atoms with Gasteiger partial charge in [-0.3, -0.25) is 5.32 Å². The fourth-order valence-corrected chi connectivity index (χ4v) is 1.70. The van der Waals surface area contributed by atoms with Gasteiger partial charge in [0.15, 0.2) is 5.69 Å². The van der Waals surface area contributed by atoms with Crippen LogP contribution in [-0.4, -0.2) is 33.0 Å². The second-order valence-electron chi connectivity index (χ2n) is 5.73. The summed E-state index contributed by atoms with van der Waals surface area (Å²) in [6, 6.07) is 1.38. The van der Waals surface area contributed by atoms with Crippen LogP contribution in [0.1, 0.15) is 55.7 Å². The van der Waals surface area contributed by atoms with Crippen molar-refractivity contribution in [3.8, 4) is 0 Å². The molecule has 1 amide bonds. The minimum atomic E-state index is -1.20. The number of nitrogens with zero attached hydrogens (tertiary/aromatic N) is 2. The van der Waals surface area contributed by atoms with E-state index in [0.717, 1.165) is 12.8 Å². The van der Waals surface area contributed by atoms with Gasteiger partial charge in [-0.2, -0.15) is 5.10 Å². The summed E-state index contributed by atoms with van der Waals surface area (Å²) in [6.07, 6.45) is 0.707. The average molecular weight is 279 g/mol. The van der Waals surface area contributed by atoms with Gasteiger partial charge < -0.3 is 9.84 Å². The average Bonchev–Trinajstić information content (AvgIpc) is 3.09. The Bertz CT molecular complexity index is 547. The first-order valence-electron chi connectivity index (χ1n) is 6.37. The normalized spacial score (nSPS) is 14.8. The highest BCUT2D eigenvalue weighted by molar-refractivity contribution is 5.91. The molecule has 1 fully saturated rings. The maximum Gasteiger partial charge on any atom is 0.409 e. The van der Waals surface area contributed by atoms with Gasteiger partial charge in [0.2, 0.25) is 0 Å². The Labute approximate surface area is 116 Å². The zero-order valence-electron chi connectivity index (χ0n) is 11.6. The van der Waals surface area contributed by atoms with E-state index in [4.69, 9.17) is 9.84 Å². The molecule has 2 N–H and O–H groups in total. The standard InChI is InChI=1S/C13H17N3O4/c1-13(2,3)20-11(17)9-6-8(14-12(18)19)10(16-15-9)7-4-5-7/h6-7H,4-5H2,1-3H3,(H,14,15)(H,18,19). The van der Waals surface area contributed by atoms with Gasteiger partial charge in [-0.25, -0.2) is 9.59 Å². The predicted molar refractivity (Wildman–Crippen MR) is 70.8 cm³/mol. The van der Waals surface area contributed by atoms with Gasteiger partial charge in [0, 0.05) is 5.92 Å². The van der Waals surface area contributed by atoms with Gasteiger partial charge >= 0.3 is 12.1 Å². The van der Waals surface area contributed by atoms with E-state index in [9.17, 15) is 9.59 Å². The zero-order chi connectivity index (χ0) is 14.9. The molecule has 7 heteroatoms. The Balaban J connectivity index is 2.26. The van der Waals surface area contributed by atoms with Crippen molar-refractivity contribution in [3.63, 3.8) is 0 Å². The highest BCUT2D eigenvalue weighted by Crippen LogP contribution is 2.42. The molecule has 0 unspecified atom stereocenters. The Hall–Kier alpha value is -2.18. The molecule has 0 atom stereocenters. The van der Waals surface area contributed by atoms with Gasteiger partial charge in [0.1, 0.15) is 5.60 Å². The summed E-state index contributed by atoms with van der Waals surface area (Å²) < 4.78 is 5.18. The van der Waals surface area contributed by atoms with E-state index >= 15 is 0 Å². The van der Waals surface area contributed by atoms with Crippen LogP contribution in [0.2, 0.25) is 0 Å². The second-order valence-corrected chi connectivity index (χ2v) is 5.73. The number of carbonyl (C=O) groups excluding carboxylic acids is 1. The topological polar surface area (TPSA) is 101 Å². The molecule has 0 aliphatic heterocycles. The first-order valence-corrected chi connectivity index (χ1v) is 6.37. The molecule has 1 saturated carbocycles. The number of esters is 1. The Kier molecular flexibility index (Phi) is 3.61. The lowest BCUT2D eigenvalue weighted by atomic mass is 10.2. The van der Waals surface area contributed by atoms with Crippen LogP contribution in [0.15, 0.2) is 6.07 Å². The van der Waals surface area contributed by atoms with Crippen LogP contribution in [0.3, 0.4) is 0 Å². The monoisotopic (exact) mass is 279 g/mol. The van der Waals surface area contributed by atoms with Gasteiger partial charge in [-0.05, 0) is 39.7 Å². The van der Waals surface area contributed by atoms with Crippen LogP contribution < -0.4 is 5.32 Å². The predicted octanol–water partition coefficient (Wildman–Crippen LogP) is 2.40. The summed E-state index contributed by atoms with van der Waals surface area (Å²) in [6.45, 7) is 5.23. The fourth-order valence-electron chi connectivity index (χ4n) is 1.70. The van der Waals surface area contributed by atoms with Crippen molar-refractivity contribution in [3.05, 3.63) is 17.5 Å². The van der Waals surface area contributed by atoms with Crippen LogP contribution in [0.25, 0.3) is 0 Å². The molecule has 1 heterocycles. The van der Waals surface area contributed by atoms with E-state index in [1.54, 1.807) is 20.8 Å². The molecule has 1 aromatic rings. The summed E-state index contributed by atoms with van der Waals surface area (Å²) in [7, 11) is 0. The van der Waals surface area contributed by atoms with Crippen LogP contribution >= 0.6 is 0 Å². The molecular formula is C13H17N3O4. The van der Waals surface area contributed by atoms with E-state index < -0.39 is 17.7 Å². The fraction of sp³-hybridized carbons (Fsp3) is 0.538. The summed E-state index contributed by atoms with van der Waals surface area (Å²) in [4.78, 5) is 22.7. The maximum atomic E-state index is 11.9. The lowest BCUT2D eigenvalue weighted by Crippen LogP contribution is -2.25. The highest BCUT2D eigenvalue weighted by Gasteiger charge is 2.30. The number of anilines is 1. The number of hydrogen-bond acceptors (Lipinski definition) is 5. The van der Waals surface area contributed by atoms with Crippen molar-refractivity contribution in [1.29, 1.82) is 0 Å². The molecule has 2 rings (SSSR count). The summed E-state index contributed by atoms with van der Waals surface area (Å²) >= 11 is 0. The minimum absolute atomic E-state index is 0.00641. The first-order chi connectivity index (χ1) is 9.26. The number of nitrogens with one attached hydrogen (secondary N) is 1. The van der Waals surface area contributed by atoms with E-state index in [1.165, 1.54) is 6.07 Å². The lowest BCUT2D eigenvalue weighted by molar-refractivity contribution is 0.00614. The molecule has 1 aromatic heterocycles. The largest absolute Gasteiger partial charge is 0.465 e. The van der Waals surface area contributed by atoms with Crippen LogP contribution in [-0.2, 0) is 4.74 Å².